The Kier molecular flexibility index (Phi) is 5.36. The monoisotopic (exact) mass is 274 g/mol. The van der Waals surface area contributed by atoms with E-state index in [1.807, 2.05) is 6.07 Å². The predicted molar refractivity (Wildman–Crippen MR) is 45.7 cm³/mol. The van der Waals surface area contributed by atoms with Crippen molar-refractivity contribution in [3.8, 4) is 0 Å². The normalized spacial score (nSPS) is 8.70. The largest absolute Gasteiger partial charge is 1.00 e. The van der Waals surface area contributed by atoms with Crippen LogP contribution in [0.3, 0.4) is 0 Å². The van der Waals surface area contributed by atoms with E-state index in [1.54, 1.807) is 6.07 Å². The third-order valence-electron chi connectivity index (χ3n) is 0.768. The van der Waals surface area contributed by atoms with E-state index in [9.17, 15) is 0 Å². The summed E-state index contributed by atoms with van der Waals surface area (Å²) in [7, 11) is 0. The van der Waals surface area contributed by atoms with Crippen molar-refractivity contribution in [3.63, 3.8) is 0 Å². The van der Waals surface area contributed by atoms with Gasteiger partial charge in [-0.2, -0.15) is 0 Å². The minimum Gasteiger partial charge on any atom is -0.149 e. The van der Waals surface area contributed by atoms with E-state index in [2.05, 4.69) is 37.9 Å². The summed E-state index contributed by atoms with van der Waals surface area (Å²) >= 11 is 12.2. The van der Waals surface area contributed by atoms with Gasteiger partial charge in [-0.15, -0.1) is 29.8 Å². The zero-order valence-electron chi connectivity index (χ0n) is 5.29. The van der Waals surface area contributed by atoms with Crippen molar-refractivity contribution in [2.75, 3.05) is 0 Å². The fourth-order valence-electron chi connectivity index (χ4n) is 0.470. The minimum atomic E-state index is 0. The van der Waals surface area contributed by atoms with E-state index in [4.69, 9.17) is 11.6 Å². The van der Waals surface area contributed by atoms with E-state index in [1.165, 1.54) is 0 Å². The molecule has 0 spiro atoms. The zero-order valence-corrected chi connectivity index (χ0v) is 9.22. The zero-order chi connectivity index (χ0) is 6.85. The van der Waals surface area contributed by atoms with Gasteiger partial charge in [-0.25, -0.2) is 0 Å². The van der Waals surface area contributed by atoms with Crippen LogP contribution in [0.25, 0.3) is 0 Å². The van der Waals surface area contributed by atoms with Gasteiger partial charge in [0.15, 0.2) is 0 Å². The third kappa shape index (κ3) is 3.46. The van der Waals surface area contributed by atoms with Crippen molar-refractivity contribution in [1.29, 1.82) is 0 Å². The molecular formula is C6H2Br2ClLi. The fraction of sp³-hybridized carbons (Fsp3) is 0. The first-order valence-corrected chi connectivity index (χ1v) is 4.19. The Morgan fingerprint density at radius 2 is 1.90 bits per heavy atom. The fourth-order valence-corrected chi connectivity index (χ4v) is 2.16. The second kappa shape index (κ2) is 4.85. The summed E-state index contributed by atoms with van der Waals surface area (Å²) in [5, 5.41) is 0.608. The van der Waals surface area contributed by atoms with Crippen molar-refractivity contribution in [2.24, 2.45) is 0 Å². The molecule has 0 nitrogen and oxygen atoms in total. The Labute approximate surface area is 93.8 Å². The molecule has 0 fully saturated rings. The van der Waals surface area contributed by atoms with Crippen molar-refractivity contribution >= 4 is 43.5 Å². The molecule has 0 radical (unpaired) electrons. The molecule has 0 aliphatic heterocycles. The van der Waals surface area contributed by atoms with Gasteiger partial charge < -0.3 is 0 Å². The van der Waals surface area contributed by atoms with Gasteiger partial charge in [0.2, 0.25) is 0 Å². The van der Waals surface area contributed by atoms with Gasteiger partial charge in [0, 0.05) is 0 Å². The number of hydrogen-bond donors (Lipinski definition) is 0. The summed E-state index contributed by atoms with van der Waals surface area (Å²) in [6.45, 7) is 0. The van der Waals surface area contributed by atoms with E-state index >= 15 is 0 Å². The molecule has 0 bridgehead atoms. The summed E-state index contributed by atoms with van der Waals surface area (Å²) < 4.78 is 1.82. The Bertz CT molecular complexity index is 177. The maximum Gasteiger partial charge on any atom is 1.00 e. The Morgan fingerprint density at radius 1 is 1.30 bits per heavy atom. The van der Waals surface area contributed by atoms with E-state index in [0.717, 1.165) is 8.95 Å². The van der Waals surface area contributed by atoms with Crippen LogP contribution in [0.1, 0.15) is 0 Å². The van der Waals surface area contributed by atoms with Crippen LogP contribution < -0.4 is 18.9 Å². The summed E-state index contributed by atoms with van der Waals surface area (Å²) in [5.41, 5.74) is 0. The molecule has 1 aromatic rings. The van der Waals surface area contributed by atoms with Gasteiger partial charge in [-0.05, 0) is 0 Å². The van der Waals surface area contributed by atoms with Crippen LogP contribution >= 0.6 is 43.5 Å². The van der Waals surface area contributed by atoms with Crippen LogP contribution in [0.4, 0.5) is 0 Å². The molecule has 1 rings (SSSR count). The molecule has 48 valence electrons. The number of hydrogen-bond acceptors (Lipinski definition) is 0. The van der Waals surface area contributed by atoms with Crippen LogP contribution in [0, 0.1) is 6.07 Å². The van der Waals surface area contributed by atoms with Gasteiger partial charge in [-0.3, -0.25) is 0 Å². The van der Waals surface area contributed by atoms with Crippen molar-refractivity contribution in [1.82, 2.24) is 0 Å². The first-order chi connectivity index (χ1) is 4.18. The van der Waals surface area contributed by atoms with Crippen molar-refractivity contribution < 1.29 is 18.9 Å². The standard InChI is InChI=1S/C6H2Br2Cl.Li/c7-4-1-5(8)3-6(9)2-4;/h1-2H;/q-1;+1. The number of benzene rings is 1. The van der Waals surface area contributed by atoms with Gasteiger partial charge in [0.1, 0.15) is 0 Å². The smallest absolute Gasteiger partial charge is 0.149 e. The summed E-state index contributed by atoms with van der Waals surface area (Å²) in [4.78, 5) is 0. The molecule has 0 aromatic heterocycles. The van der Waals surface area contributed by atoms with E-state index in [-0.39, 0.29) is 18.9 Å². The second-order valence-corrected chi connectivity index (χ2v) is 3.67. The van der Waals surface area contributed by atoms with Crippen LogP contribution in [0.5, 0.6) is 0 Å². The van der Waals surface area contributed by atoms with E-state index in [0.29, 0.717) is 5.02 Å². The van der Waals surface area contributed by atoms with Crippen LogP contribution in [0.2, 0.25) is 5.02 Å². The average Bonchev–Trinajstić information content (AvgIpc) is 1.59. The number of halogens is 3. The molecule has 0 heterocycles. The maximum atomic E-state index is 5.63. The van der Waals surface area contributed by atoms with Crippen LogP contribution in [0.15, 0.2) is 21.1 Å². The topological polar surface area (TPSA) is 0 Å². The Morgan fingerprint density at radius 3 is 2.30 bits per heavy atom. The summed E-state index contributed by atoms with van der Waals surface area (Å²) in [6.07, 6.45) is 0. The molecular weight excluding hydrogens is 274 g/mol. The van der Waals surface area contributed by atoms with Crippen LogP contribution in [-0.2, 0) is 0 Å². The Hall–Kier alpha value is 1.07. The van der Waals surface area contributed by atoms with Gasteiger partial charge in [0.05, 0.1) is 0 Å². The van der Waals surface area contributed by atoms with Crippen molar-refractivity contribution in [3.05, 3.63) is 32.2 Å². The van der Waals surface area contributed by atoms with Gasteiger partial charge >= 0.3 is 18.9 Å². The van der Waals surface area contributed by atoms with Crippen LogP contribution in [-0.4, -0.2) is 0 Å². The molecule has 0 unspecified atom stereocenters. The second-order valence-electron chi connectivity index (χ2n) is 1.49. The first kappa shape index (κ1) is 11.1. The molecule has 0 aliphatic carbocycles. The molecule has 0 aliphatic rings. The molecule has 1 aromatic carbocycles. The minimum absolute atomic E-state index is 0. The van der Waals surface area contributed by atoms with Crippen molar-refractivity contribution in [2.45, 2.75) is 0 Å². The molecule has 0 amide bonds. The molecule has 0 saturated carbocycles. The average molecular weight is 276 g/mol. The summed E-state index contributed by atoms with van der Waals surface area (Å²) in [6, 6.07) is 6.53. The maximum absolute atomic E-state index is 5.63. The quantitative estimate of drug-likeness (QED) is 0.483. The SMILES string of the molecule is Clc1[c-]c(Br)cc(Br)c1.[Li+]. The molecule has 0 atom stereocenters. The number of rotatable bonds is 0. The molecule has 0 N–H and O–H groups in total. The van der Waals surface area contributed by atoms with Gasteiger partial charge in [-0.1, -0.05) is 45.8 Å². The van der Waals surface area contributed by atoms with E-state index < -0.39 is 0 Å². The molecule has 0 saturated heterocycles. The molecule has 4 heteroatoms. The first-order valence-electron chi connectivity index (χ1n) is 2.22. The van der Waals surface area contributed by atoms with Gasteiger partial charge in [0.25, 0.3) is 0 Å². The Balaban J connectivity index is 0.000000810. The third-order valence-corrected chi connectivity index (χ3v) is 1.86. The molecule has 10 heavy (non-hydrogen) atoms. The predicted octanol–water partition coefficient (Wildman–Crippen LogP) is 0.669. The summed E-state index contributed by atoms with van der Waals surface area (Å²) in [5.74, 6) is 0.